The Morgan fingerprint density at radius 3 is 2.79 bits per heavy atom. The summed E-state index contributed by atoms with van der Waals surface area (Å²) in [6.07, 6.45) is 0.331. The second-order valence-corrected chi connectivity index (χ2v) is 7.63. The Labute approximate surface area is 174 Å². The minimum absolute atomic E-state index is 0.0311. The average Bonchev–Trinajstić information content (AvgIpc) is 3.34. The van der Waals surface area contributed by atoms with E-state index in [1.807, 2.05) is 67.4 Å². The summed E-state index contributed by atoms with van der Waals surface area (Å²) in [5.74, 6) is 3.19. The van der Waals surface area contributed by atoms with Gasteiger partial charge in [0.1, 0.15) is 17.2 Å². The van der Waals surface area contributed by atoms with Crippen LogP contribution in [0.5, 0.6) is 11.5 Å². The molecule has 2 aromatic carbocycles. The topological polar surface area (TPSA) is 47.2 Å². The van der Waals surface area contributed by atoms with Crippen LogP contribution in [0.2, 0.25) is 5.02 Å². The van der Waals surface area contributed by atoms with Gasteiger partial charge in [0.15, 0.2) is 11.5 Å². The van der Waals surface area contributed by atoms with Gasteiger partial charge in [-0.3, -0.25) is 0 Å². The highest BCUT2D eigenvalue weighted by atomic mass is 35.5. The number of fused-ring (bicyclic) bond motifs is 3. The van der Waals surface area contributed by atoms with Crippen molar-refractivity contribution in [2.24, 2.45) is 5.10 Å². The summed E-state index contributed by atoms with van der Waals surface area (Å²) in [7, 11) is 0. The van der Waals surface area contributed by atoms with Crippen molar-refractivity contribution in [3.05, 3.63) is 82.3 Å². The lowest BCUT2D eigenvalue weighted by Crippen LogP contribution is -2.33. The third kappa shape index (κ3) is 3.15. The Hall–Kier alpha value is -2.92. The van der Waals surface area contributed by atoms with Crippen LogP contribution < -0.4 is 9.47 Å². The molecule has 0 aliphatic carbocycles. The molecule has 2 aliphatic rings. The zero-order valence-corrected chi connectivity index (χ0v) is 17.0. The molecule has 2 unspecified atom stereocenters. The number of furan rings is 1. The molecule has 6 heteroatoms. The van der Waals surface area contributed by atoms with E-state index in [1.165, 1.54) is 0 Å². The summed E-state index contributed by atoms with van der Waals surface area (Å²) < 4.78 is 18.2. The van der Waals surface area contributed by atoms with Gasteiger partial charge in [-0.05, 0) is 44.2 Å². The monoisotopic (exact) mass is 408 g/mol. The number of halogens is 1. The number of para-hydroxylation sites is 1. The number of nitrogens with zero attached hydrogens (tertiary/aromatic N) is 2. The zero-order valence-electron chi connectivity index (χ0n) is 16.3. The average molecular weight is 409 g/mol. The van der Waals surface area contributed by atoms with E-state index in [9.17, 15) is 0 Å². The smallest absolute Gasteiger partial charge is 0.214 e. The van der Waals surface area contributed by atoms with Crippen molar-refractivity contribution in [2.75, 3.05) is 6.61 Å². The fraction of sp³-hybridized carbons (Fsp3) is 0.261. The van der Waals surface area contributed by atoms with Crippen LogP contribution in [0.4, 0.5) is 0 Å². The third-order valence-corrected chi connectivity index (χ3v) is 5.47. The van der Waals surface area contributed by atoms with Crippen LogP contribution in [0.25, 0.3) is 0 Å². The Morgan fingerprint density at radius 1 is 1.17 bits per heavy atom. The molecule has 0 saturated carbocycles. The summed E-state index contributed by atoms with van der Waals surface area (Å²) in [6.45, 7) is 4.48. The van der Waals surface area contributed by atoms with Crippen LogP contribution >= 0.6 is 11.6 Å². The predicted octanol–water partition coefficient (Wildman–Crippen LogP) is 5.88. The molecule has 0 fully saturated rings. The summed E-state index contributed by atoms with van der Waals surface area (Å²) >= 11 is 6.27. The van der Waals surface area contributed by atoms with Gasteiger partial charge in [-0.1, -0.05) is 35.9 Å². The molecule has 29 heavy (non-hydrogen) atoms. The Bertz CT molecular complexity index is 1090. The number of hydrogen-bond donors (Lipinski definition) is 0. The minimum atomic E-state index is -0.402. The molecule has 3 heterocycles. The first kappa shape index (κ1) is 18.1. The van der Waals surface area contributed by atoms with Crippen molar-refractivity contribution in [2.45, 2.75) is 32.5 Å². The molecular formula is C23H21ClN2O3. The second kappa shape index (κ2) is 7.16. The molecule has 2 aliphatic heterocycles. The van der Waals surface area contributed by atoms with E-state index in [2.05, 4.69) is 6.07 Å². The first-order valence-corrected chi connectivity index (χ1v) is 10.1. The molecule has 0 N–H and O–H groups in total. The third-order valence-electron chi connectivity index (χ3n) is 5.24. The number of ether oxygens (including phenoxy) is 2. The van der Waals surface area contributed by atoms with Crippen molar-refractivity contribution in [1.29, 1.82) is 0 Å². The van der Waals surface area contributed by atoms with Crippen LogP contribution in [0, 0.1) is 6.92 Å². The van der Waals surface area contributed by atoms with Crippen molar-refractivity contribution in [3.63, 3.8) is 0 Å². The van der Waals surface area contributed by atoms with E-state index in [1.54, 1.807) is 0 Å². The van der Waals surface area contributed by atoms with Crippen molar-refractivity contribution < 1.29 is 13.9 Å². The largest absolute Gasteiger partial charge is 0.490 e. The maximum absolute atomic E-state index is 6.46. The summed E-state index contributed by atoms with van der Waals surface area (Å²) in [5.41, 5.74) is 2.92. The van der Waals surface area contributed by atoms with E-state index in [0.717, 1.165) is 46.3 Å². The highest BCUT2D eigenvalue weighted by Crippen LogP contribution is 2.50. The van der Waals surface area contributed by atoms with Crippen LogP contribution in [0.15, 0.2) is 64.1 Å². The fourth-order valence-corrected chi connectivity index (χ4v) is 4.17. The molecule has 0 spiro atoms. The van der Waals surface area contributed by atoms with E-state index in [0.29, 0.717) is 11.6 Å². The first-order chi connectivity index (χ1) is 14.1. The Morgan fingerprint density at radius 2 is 2.03 bits per heavy atom. The van der Waals surface area contributed by atoms with Crippen LogP contribution in [0.1, 0.15) is 48.3 Å². The molecule has 0 saturated heterocycles. The zero-order chi connectivity index (χ0) is 20.0. The SMILES string of the molecule is CCOc1cccc2c1OC(c1cccc(Cl)c1)N1N=C(c3ccc(C)o3)CC21. The van der Waals surface area contributed by atoms with E-state index in [4.69, 9.17) is 30.6 Å². The van der Waals surface area contributed by atoms with Crippen LogP contribution in [0.3, 0.4) is 0 Å². The van der Waals surface area contributed by atoms with Gasteiger partial charge in [-0.2, -0.15) is 5.10 Å². The molecule has 5 nitrogen and oxygen atoms in total. The lowest BCUT2D eigenvalue weighted by Gasteiger charge is -2.38. The van der Waals surface area contributed by atoms with E-state index in [-0.39, 0.29) is 6.04 Å². The molecule has 3 aromatic rings. The van der Waals surface area contributed by atoms with Crippen molar-refractivity contribution in [3.8, 4) is 11.5 Å². The Kier molecular flexibility index (Phi) is 4.47. The standard InChI is InChI=1S/C23H21ClN2O3/c1-3-27-21-9-5-8-17-19-13-18(20-11-10-14(2)28-20)25-26(19)23(29-22(17)21)15-6-4-7-16(24)12-15/h4-12,19,23H,3,13H2,1-2H3. The number of hydrazone groups is 1. The number of benzene rings is 2. The molecule has 0 amide bonds. The van der Waals surface area contributed by atoms with Crippen LogP contribution in [-0.4, -0.2) is 17.3 Å². The molecule has 2 atom stereocenters. The minimum Gasteiger partial charge on any atom is -0.490 e. The number of hydrogen-bond acceptors (Lipinski definition) is 5. The summed E-state index contributed by atoms with van der Waals surface area (Å²) in [6, 6.07) is 17.7. The fourth-order valence-electron chi connectivity index (χ4n) is 3.97. The lowest BCUT2D eigenvalue weighted by atomic mass is 9.97. The number of aryl methyl sites for hydroxylation is 1. The van der Waals surface area contributed by atoms with Crippen molar-refractivity contribution >= 4 is 17.3 Å². The molecular weight excluding hydrogens is 388 g/mol. The van der Waals surface area contributed by atoms with Gasteiger partial charge in [0, 0.05) is 22.6 Å². The molecule has 148 valence electrons. The van der Waals surface area contributed by atoms with Gasteiger partial charge in [0.2, 0.25) is 6.23 Å². The lowest BCUT2D eigenvalue weighted by molar-refractivity contribution is -0.0212. The van der Waals surface area contributed by atoms with E-state index >= 15 is 0 Å². The maximum atomic E-state index is 6.46. The normalized spacial score (nSPS) is 20.0. The maximum Gasteiger partial charge on any atom is 0.214 e. The molecule has 0 bridgehead atoms. The molecule has 0 radical (unpaired) electrons. The Balaban J connectivity index is 1.62. The first-order valence-electron chi connectivity index (χ1n) is 9.74. The summed E-state index contributed by atoms with van der Waals surface area (Å²) in [5, 5.41) is 7.58. The van der Waals surface area contributed by atoms with Crippen LogP contribution in [-0.2, 0) is 0 Å². The summed E-state index contributed by atoms with van der Waals surface area (Å²) in [4.78, 5) is 0. The van der Waals surface area contributed by atoms with Crippen molar-refractivity contribution in [1.82, 2.24) is 5.01 Å². The van der Waals surface area contributed by atoms with Gasteiger partial charge in [-0.15, -0.1) is 0 Å². The predicted molar refractivity (Wildman–Crippen MR) is 112 cm³/mol. The second-order valence-electron chi connectivity index (χ2n) is 7.19. The van der Waals surface area contributed by atoms with Gasteiger partial charge >= 0.3 is 0 Å². The quantitative estimate of drug-likeness (QED) is 0.540. The van der Waals surface area contributed by atoms with E-state index < -0.39 is 6.23 Å². The molecule has 1 aromatic heterocycles. The highest BCUT2D eigenvalue weighted by molar-refractivity contribution is 6.30. The van der Waals surface area contributed by atoms with Gasteiger partial charge in [0.05, 0.1) is 12.6 Å². The van der Waals surface area contributed by atoms with Gasteiger partial charge in [0.25, 0.3) is 0 Å². The van der Waals surface area contributed by atoms with Gasteiger partial charge < -0.3 is 13.9 Å². The number of rotatable bonds is 4. The molecule has 5 rings (SSSR count). The van der Waals surface area contributed by atoms with Gasteiger partial charge in [-0.25, -0.2) is 5.01 Å². The highest BCUT2D eigenvalue weighted by Gasteiger charge is 2.42.